The summed E-state index contributed by atoms with van der Waals surface area (Å²) < 4.78 is 0. The molecule has 1 aromatic rings. The van der Waals surface area contributed by atoms with Crippen molar-refractivity contribution in [1.82, 2.24) is 5.32 Å². The highest BCUT2D eigenvalue weighted by atomic mass is 35.5. The topological polar surface area (TPSA) is 29.1 Å². The number of rotatable bonds is 4. The molecule has 1 aliphatic carbocycles. The molecule has 19 heavy (non-hydrogen) atoms. The van der Waals surface area contributed by atoms with Crippen molar-refractivity contribution in [1.29, 1.82) is 0 Å². The van der Waals surface area contributed by atoms with E-state index in [1.54, 1.807) is 0 Å². The Morgan fingerprint density at radius 2 is 1.84 bits per heavy atom. The van der Waals surface area contributed by atoms with Crippen LogP contribution in [0.1, 0.15) is 44.6 Å². The van der Waals surface area contributed by atoms with E-state index < -0.39 is 0 Å². The Bertz CT molecular complexity index is 421. The Balaban J connectivity index is 1.78. The Labute approximate surface area is 120 Å². The quantitative estimate of drug-likeness (QED) is 0.888. The van der Waals surface area contributed by atoms with E-state index in [1.807, 2.05) is 24.3 Å². The van der Waals surface area contributed by atoms with Crippen LogP contribution in [-0.2, 0) is 11.2 Å². The molecule has 0 radical (unpaired) electrons. The fourth-order valence-corrected chi connectivity index (χ4v) is 2.87. The van der Waals surface area contributed by atoms with E-state index in [9.17, 15) is 4.79 Å². The van der Waals surface area contributed by atoms with Gasteiger partial charge in [0.1, 0.15) is 0 Å². The van der Waals surface area contributed by atoms with Gasteiger partial charge in [0, 0.05) is 17.0 Å². The van der Waals surface area contributed by atoms with Crippen molar-refractivity contribution in [3.63, 3.8) is 0 Å². The number of carbonyl (C=O) groups excluding carboxylic acids is 1. The Morgan fingerprint density at radius 3 is 2.47 bits per heavy atom. The highest BCUT2D eigenvalue weighted by Crippen LogP contribution is 2.35. The second kappa shape index (κ2) is 6.42. The fourth-order valence-electron chi connectivity index (χ4n) is 2.74. The van der Waals surface area contributed by atoms with E-state index in [1.165, 1.54) is 24.8 Å². The monoisotopic (exact) mass is 279 g/mol. The fraction of sp³-hybridized carbons (Fsp3) is 0.562. The lowest BCUT2D eigenvalue weighted by Crippen LogP contribution is -2.41. The molecule has 1 aromatic carbocycles. The largest absolute Gasteiger partial charge is 0.355 e. The van der Waals surface area contributed by atoms with Crippen LogP contribution < -0.4 is 5.32 Å². The second-order valence-electron chi connectivity index (χ2n) is 5.75. The third-order valence-electron chi connectivity index (χ3n) is 4.12. The lowest BCUT2D eigenvalue weighted by molar-refractivity contribution is -0.131. The van der Waals surface area contributed by atoms with Gasteiger partial charge >= 0.3 is 0 Å². The highest BCUT2D eigenvalue weighted by Gasteiger charge is 2.33. The van der Waals surface area contributed by atoms with Crippen molar-refractivity contribution in [2.24, 2.45) is 5.41 Å². The van der Waals surface area contributed by atoms with Gasteiger partial charge in [-0.1, -0.05) is 49.9 Å². The van der Waals surface area contributed by atoms with Crippen LogP contribution in [0, 0.1) is 5.41 Å². The molecule has 2 nitrogen and oxygen atoms in total. The average Bonchev–Trinajstić information content (AvgIpc) is 2.42. The van der Waals surface area contributed by atoms with Crippen LogP contribution in [0.25, 0.3) is 0 Å². The SMILES string of the molecule is CC1(C(=O)NCCc2ccc(Cl)cc2)CCCCC1. The molecule has 1 fully saturated rings. The maximum atomic E-state index is 12.2. The molecule has 0 unspecified atom stereocenters. The van der Waals surface area contributed by atoms with Crippen LogP contribution >= 0.6 is 11.6 Å². The van der Waals surface area contributed by atoms with Crippen LogP contribution in [0.4, 0.5) is 0 Å². The molecule has 1 amide bonds. The van der Waals surface area contributed by atoms with E-state index in [2.05, 4.69) is 12.2 Å². The Morgan fingerprint density at radius 1 is 1.21 bits per heavy atom. The number of hydrogen-bond donors (Lipinski definition) is 1. The minimum Gasteiger partial charge on any atom is -0.355 e. The molecule has 2 rings (SSSR count). The summed E-state index contributed by atoms with van der Waals surface area (Å²) in [6.45, 7) is 2.81. The van der Waals surface area contributed by atoms with Gasteiger partial charge in [0.2, 0.25) is 5.91 Å². The van der Waals surface area contributed by atoms with Gasteiger partial charge in [-0.05, 0) is 37.0 Å². The van der Waals surface area contributed by atoms with E-state index in [-0.39, 0.29) is 11.3 Å². The number of benzene rings is 1. The predicted molar refractivity (Wildman–Crippen MR) is 79.4 cm³/mol. The standard InChI is InChI=1S/C16H22ClNO/c1-16(10-3-2-4-11-16)15(19)18-12-9-13-5-7-14(17)8-6-13/h5-8H,2-4,9-12H2,1H3,(H,18,19). The van der Waals surface area contributed by atoms with Gasteiger partial charge in [0.25, 0.3) is 0 Å². The maximum Gasteiger partial charge on any atom is 0.225 e. The molecule has 0 heterocycles. The van der Waals surface area contributed by atoms with Gasteiger partial charge in [-0.15, -0.1) is 0 Å². The van der Waals surface area contributed by atoms with E-state index in [4.69, 9.17) is 11.6 Å². The zero-order chi connectivity index (χ0) is 13.7. The van der Waals surface area contributed by atoms with Gasteiger partial charge < -0.3 is 5.32 Å². The summed E-state index contributed by atoms with van der Waals surface area (Å²) in [5.41, 5.74) is 1.07. The number of carbonyl (C=O) groups is 1. The molecule has 1 N–H and O–H groups in total. The molecule has 0 atom stereocenters. The van der Waals surface area contributed by atoms with Gasteiger partial charge in [-0.3, -0.25) is 4.79 Å². The number of hydrogen-bond acceptors (Lipinski definition) is 1. The number of nitrogens with one attached hydrogen (secondary N) is 1. The normalized spacial score (nSPS) is 18.0. The van der Waals surface area contributed by atoms with Crippen molar-refractivity contribution >= 4 is 17.5 Å². The molecule has 104 valence electrons. The Kier molecular flexibility index (Phi) is 4.87. The van der Waals surface area contributed by atoms with E-state index in [0.29, 0.717) is 6.54 Å². The molecular formula is C16H22ClNO. The first-order chi connectivity index (χ1) is 9.10. The summed E-state index contributed by atoms with van der Waals surface area (Å²) in [6.07, 6.45) is 6.55. The van der Waals surface area contributed by atoms with Crippen LogP contribution in [0.5, 0.6) is 0 Å². The van der Waals surface area contributed by atoms with Crippen LogP contribution in [-0.4, -0.2) is 12.5 Å². The minimum atomic E-state index is -0.141. The van der Waals surface area contributed by atoms with Crippen LogP contribution in [0.2, 0.25) is 5.02 Å². The maximum absolute atomic E-state index is 12.2. The first-order valence-corrected chi connectivity index (χ1v) is 7.51. The van der Waals surface area contributed by atoms with Crippen LogP contribution in [0.15, 0.2) is 24.3 Å². The van der Waals surface area contributed by atoms with E-state index >= 15 is 0 Å². The highest BCUT2D eigenvalue weighted by molar-refractivity contribution is 6.30. The average molecular weight is 280 g/mol. The second-order valence-corrected chi connectivity index (χ2v) is 6.19. The molecule has 1 aliphatic rings. The number of halogens is 1. The van der Waals surface area contributed by atoms with Crippen molar-refractivity contribution in [3.8, 4) is 0 Å². The van der Waals surface area contributed by atoms with Crippen molar-refractivity contribution in [2.45, 2.75) is 45.4 Å². The number of amides is 1. The molecule has 1 saturated carbocycles. The first-order valence-electron chi connectivity index (χ1n) is 7.13. The molecule has 3 heteroatoms. The van der Waals surface area contributed by atoms with Gasteiger partial charge in [0.15, 0.2) is 0 Å². The van der Waals surface area contributed by atoms with E-state index in [0.717, 1.165) is 24.3 Å². The van der Waals surface area contributed by atoms with Crippen molar-refractivity contribution in [2.75, 3.05) is 6.54 Å². The van der Waals surface area contributed by atoms with Gasteiger partial charge in [-0.25, -0.2) is 0 Å². The third-order valence-corrected chi connectivity index (χ3v) is 4.37. The lowest BCUT2D eigenvalue weighted by atomic mass is 9.75. The molecule has 0 saturated heterocycles. The Hall–Kier alpha value is -1.02. The summed E-state index contributed by atoms with van der Waals surface area (Å²) in [5.74, 6) is 0.223. The lowest BCUT2D eigenvalue weighted by Gasteiger charge is -2.32. The smallest absolute Gasteiger partial charge is 0.225 e. The third kappa shape index (κ3) is 3.97. The first kappa shape index (κ1) is 14.4. The summed E-state index contributed by atoms with van der Waals surface area (Å²) in [7, 11) is 0. The summed E-state index contributed by atoms with van der Waals surface area (Å²) in [6, 6.07) is 7.80. The molecule has 0 bridgehead atoms. The van der Waals surface area contributed by atoms with Crippen LogP contribution in [0.3, 0.4) is 0 Å². The summed E-state index contributed by atoms with van der Waals surface area (Å²) >= 11 is 5.85. The van der Waals surface area contributed by atoms with Crippen molar-refractivity contribution < 1.29 is 4.79 Å². The molecule has 0 spiro atoms. The molecule has 0 aliphatic heterocycles. The molecule has 0 aromatic heterocycles. The summed E-state index contributed by atoms with van der Waals surface area (Å²) in [5, 5.41) is 3.84. The van der Waals surface area contributed by atoms with Gasteiger partial charge in [0.05, 0.1) is 0 Å². The zero-order valence-corrected chi connectivity index (χ0v) is 12.3. The van der Waals surface area contributed by atoms with Gasteiger partial charge in [-0.2, -0.15) is 0 Å². The molecular weight excluding hydrogens is 258 g/mol. The van der Waals surface area contributed by atoms with Crippen molar-refractivity contribution in [3.05, 3.63) is 34.9 Å². The zero-order valence-electron chi connectivity index (χ0n) is 11.5. The summed E-state index contributed by atoms with van der Waals surface area (Å²) in [4.78, 5) is 12.2. The predicted octanol–water partition coefficient (Wildman–Crippen LogP) is 3.97. The minimum absolute atomic E-state index is 0.141.